The number of nitrogens with one attached hydrogen (secondary N) is 1. The molecule has 1 atom stereocenters. The predicted molar refractivity (Wildman–Crippen MR) is 82.1 cm³/mol. The van der Waals surface area contributed by atoms with Gasteiger partial charge in [0.05, 0.1) is 0 Å². The Hall–Kier alpha value is -2.89. The van der Waals surface area contributed by atoms with Crippen LogP contribution in [0.1, 0.15) is 6.92 Å². The predicted octanol–water partition coefficient (Wildman–Crippen LogP) is 2.40. The third kappa shape index (κ3) is 3.06. The number of benzene rings is 2. The molecule has 1 heterocycles. The molecule has 0 aromatic heterocycles. The second-order valence-corrected chi connectivity index (χ2v) is 4.89. The summed E-state index contributed by atoms with van der Waals surface area (Å²) in [5.41, 5.74) is 6.89. The maximum Gasteiger partial charge on any atom is 0.265 e. The van der Waals surface area contributed by atoms with Crippen LogP contribution >= 0.6 is 0 Å². The van der Waals surface area contributed by atoms with Crippen LogP contribution in [-0.4, -0.2) is 18.8 Å². The van der Waals surface area contributed by atoms with E-state index in [2.05, 4.69) is 5.32 Å². The largest absolute Gasteiger partial charge is 0.481 e. The summed E-state index contributed by atoms with van der Waals surface area (Å²) < 4.78 is 16.1. The maximum atomic E-state index is 12.1. The van der Waals surface area contributed by atoms with Gasteiger partial charge in [-0.3, -0.25) is 4.79 Å². The number of fused-ring (bicyclic) bond motifs is 1. The monoisotopic (exact) mass is 300 g/mol. The van der Waals surface area contributed by atoms with Gasteiger partial charge in [-0.25, -0.2) is 0 Å². The Morgan fingerprint density at radius 2 is 2.05 bits per heavy atom. The average Bonchev–Trinajstić information content (AvgIpc) is 2.94. The Balaban J connectivity index is 1.63. The summed E-state index contributed by atoms with van der Waals surface area (Å²) >= 11 is 0. The van der Waals surface area contributed by atoms with Crippen molar-refractivity contribution in [3.63, 3.8) is 0 Å². The van der Waals surface area contributed by atoms with Crippen LogP contribution < -0.4 is 25.3 Å². The molecule has 0 saturated carbocycles. The number of carbonyl (C=O) groups excluding carboxylic acids is 1. The average molecular weight is 300 g/mol. The lowest BCUT2D eigenvalue weighted by molar-refractivity contribution is -0.122. The SMILES string of the molecule is CC(Oc1ccc2c(c1)OCO2)C(=O)Nc1cccc(N)c1. The molecule has 3 N–H and O–H groups in total. The van der Waals surface area contributed by atoms with Gasteiger partial charge in [0, 0.05) is 17.4 Å². The van der Waals surface area contributed by atoms with E-state index in [1.165, 1.54) is 0 Å². The van der Waals surface area contributed by atoms with E-state index in [9.17, 15) is 4.79 Å². The van der Waals surface area contributed by atoms with E-state index in [1.54, 1.807) is 49.4 Å². The molecular formula is C16H16N2O4. The molecule has 2 aromatic rings. The highest BCUT2D eigenvalue weighted by molar-refractivity contribution is 5.94. The van der Waals surface area contributed by atoms with Gasteiger partial charge >= 0.3 is 0 Å². The van der Waals surface area contributed by atoms with E-state index in [4.69, 9.17) is 19.9 Å². The molecule has 0 radical (unpaired) electrons. The molecule has 1 unspecified atom stereocenters. The fourth-order valence-corrected chi connectivity index (χ4v) is 2.07. The Bertz CT molecular complexity index is 702. The lowest BCUT2D eigenvalue weighted by atomic mass is 10.2. The number of hydrogen-bond acceptors (Lipinski definition) is 5. The van der Waals surface area contributed by atoms with Crippen molar-refractivity contribution < 1.29 is 19.0 Å². The van der Waals surface area contributed by atoms with Crippen molar-refractivity contribution in [1.82, 2.24) is 0 Å². The third-order valence-corrected chi connectivity index (χ3v) is 3.18. The zero-order valence-electron chi connectivity index (χ0n) is 12.0. The Labute approximate surface area is 127 Å². The molecular weight excluding hydrogens is 284 g/mol. The number of amides is 1. The van der Waals surface area contributed by atoms with Crippen LogP contribution in [0.15, 0.2) is 42.5 Å². The second-order valence-electron chi connectivity index (χ2n) is 4.89. The first-order valence-electron chi connectivity index (χ1n) is 6.84. The normalized spacial score (nSPS) is 13.5. The van der Waals surface area contributed by atoms with Crippen LogP contribution in [0.5, 0.6) is 17.2 Å². The number of rotatable bonds is 4. The van der Waals surface area contributed by atoms with Crippen LogP contribution in [0.4, 0.5) is 11.4 Å². The van der Waals surface area contributed by atoms with Gasteiger partial charge in [-0.05, 0) is 37.3 Å². The first-order valence-corrected chi connectivity index (χ1v) is 6.84. The van der Waals surface area contributed by atoms with Crippen molar-refractivity contribution in [2.75, 3.05) is 17.8 Å². The number of nitrogen functional groups attached to an aromatic ring is 1. The number of hydrogen-bond donors (Lipinski definition) is 2. The van der Waals surface area contributed by atoms with Crippen molar-refractivity contribution in [3.8, 4) is 17.2 Å². The van der Waals surface area contributed by atoms with Gasteiger partial charge in [0.1, 0.15) is 5.75 Å². The second kappa shape index (κ2) is 5.85. The van der Waals surface area contributed by atoms with E-state index in [0.29, 0.717) is 28.6 Å². The minimum Gasteiger partial charge on any atom is -0.481 e. The molecule has 0 spiro atoms. The quantitative estimate of drug-likeness (QED) is 0.847. The van der Waals surface area contributed by atoms with E-state index in [-0.39, 0.29) is 12.7 Å². The molecule has 3 rings (SSSR count). The topological polar surface area (TPSA) is 82.8 Å². The summed E-state index contributed by atoms with van der Waals surface area (Å²) in [5.74, 6) is 1.56. The molecule has 22 heavy (non-hydrogen) atoms. The summed E-state index contributed by atoms with van der Waals surface area (Å²) in [7, 11) is 0. The first kappa shape index (κ1) is 14.1. The highest BCUT2D eigenvalue weighted by atomic mass is 16.7. The molecule has 0 fully saturated rings. The van der Waals surface area contributed by atoms with Crippen molar-refractivity contribution in [2.45, 2.75) is 13.0 Å². The molecule has 0 bridgehead atoms. The summed E-state index contributed by atoms with van der Waals surface area (Å²) in [6.45, 7) is 1.87. The van der Waals surface area contributed by atoms with E-state index < -0.39 is 6.10 Å². The molecule has 6 heteroatoms. The minimum atomic E-state index is -0.665. The first-order chi connectivity index (χ1) is 10.6. The van der Waals surface area contributed by atoms with Crippen molar-refractivity contribution in [2.24, 2.45) is 0 Å². The van der Waals surface area contributed by atoms with E-state index in [1.807, 2.05) is 0 Å². The minimum absolute atomic E-state index is 0.199. The molecule has 6 nitrogen and oxygen atoms in total. The smallest absolute Gasteiger partial charge is 0.265 e. The van der Waals surface area contributed by atoms with Crippen molar-refractivity contribution in [1.29, 1.82) is 0 Å². The molecule has 1 amide bonds. The summed E-state index contributed by atoms with van der Waals surface area (Å²) in [6, 6.07) is 12.2. The highest BCUT2D eigenvalue weighted by Gasteiger charge is 2.18. The third-order valence-electron chi connectivity index (χ3n) is 3.18. The molecule has 114 valence electrons. The molecule has 0 saturated heterocycles. The van der Waals surface area contributed by atoms with E-state index >= 15 is 0 Å². The van der Waals surface area contributed by atoms with Crippen molar-refractivity contribution >= 4 is 17.3 Å². The van der Waals surface area contributed by atoms with Gasteiger partial charge in [-0.2, -0.15) is 0 Å². The lowest BCUT2D eigenvalue weighted by Gasteiger charge is -2.15. The summed E-state index contributed by atoms with van der Waals surface area (Å²) in [4.78, 5) is 12.1. The van der Waals surface area contributed by atoms with Gasteiger partial charge in [0.15, 0.2) is 17.6 Å². The molecule has 1 aliphatic heterocycles. The Morgan fingerprint density at radius 3 is 2.86 bits per heavy atom. The van der Waals surface area contributed by atoms with Gasteiger partial charge < -0.3 is 25.3 Å². The molecule has 2 aromatic carbocycles. The van der Waals surface area contributed by atoms with Crippen molar-refractivity contribution in [3.05, 3.63) is 42.5 Å². The number of nitrogens with two attached hydrogens (primary N) is 1. The van der Waals surface area contributed by atoms with Gasteiger partial charge in [-0.15, -0.1) is 0 Å². The van der Waals surface area contributed by atoms with Gasteiger partial charge in [0.25, 0.3) is 5.91 Å². The number of ether oxygens (including phenoxy) is 3. The molecule has 0 aliphatic carbocycles. The van der Waals surface area contributed by atoms with Gasteiger partial charge in [0.2, 0.25) is 6.79 Å². The van der Waals surface area contributed by atoms with Crippen LogP contribution in [0.3, 0.4) is 0 Å². The maximum absolute atomic E-state index is 12.1. The van der Waals surface area contributed by atoms with Crippen LogP contribution in [-0.2, 0) is 4.79 Å². The van der Waals surface area contributed by atoms with Crippen LogP contribution in [0, 0.1) is 0 Å². The lowest BCUT2D eigenvalue weighted by Crippen LogP contribution is -2.30. The standard InChI is InChI=1S/C16H16N2O4/c1-10(16(19)18-12-4-2-3-11(17)7-12)22-13-5-6-14-15(8-13)21-9-20-14/h2-8,10H,9,17H2,1H3,(H,18,19). The van der Waals surface area contributed by atoms with E-state index in [0.717, 1.165) is 0 Å². The zero-order chi connectivity index (χ0) is 15.5. The number of anilines is 2. The number of carbonyl (C=O) groups is 1. The van der Waals surface area contributed by atoms with Gasteiger partial charge in [-0.1, -0.05) is 6.07 Å². The Morgan fingerprint density at radius 1 is 1.23 bits per heavy atom. The fourth-order valence-electron chi connectivity index (χ4n) is 2.07. The van der Waals surface area contributed by atoms with Crippen LogP contribution in [0.2, 0.25) is 0 Å². The van der Waals surface area contributed by atoms with Crippen LogP contribution in [0.25, 0.3) is 0 Å². The molecule has 1 aliphatic rings. The summed E-state index contributed by atoms with van der Waals surface area (Å²) in [5, 5.41) is 2.76. The fraction of sp³-hybridized carbons (Fsp3) is 0.188. The Kier molecular flexibility index (Phi) is 3.74. The summed E-state index contributed by atoms with van der Waals surface area (Å²) in [6.07, 6.45) is -0.665. The zero-order valence-corrected chi connectivity index (χ0v) is 12.0. The highest BCUT2D eigenvalue weighted by Crippen LogP contribution is 2.35.